The maximum atomic E-state index is 12.0. The highest BCUT2D eigenvalue weighted by Crippen LogP contribution is 2.29. The minimum Gasteiger partial charge on any atom is -0.490 e. The van der Waals surface area contributed by atoms with Crippen LogP contribution >= 0.6 is 23.2 Å². The molecule has 31 heavy (non-hydrogen) atoms. The molecular weight excluding hydrogens is 439 g/mol. The molecule has 0 bridgehead atoms. The first-order chi connectivity index (χ1) is 14.8. The second-order valence-electron chi connectivity index (χ2n) is 8.18. The van der Waals surface area contributed by atoms with E-state index in [1.165, 1.54) is 0 Å². The number of rotatable bonds is 8. The van der Waals surface area contributed by atoms with Crippen molar-refractivity contribution in [2.75, 3.05) is 40.3 Å². The van der Waals surface area contributed by atoms with Gasteiger partial charge in [0.05, 0.1) is 35.7 Å². The first-order valence-corrected chi connectivity index (χ1v) is 11.1. The Bertz CT molecular complexity index is 901. The molecule has 0 spiro atoms. The Morgan fingerprint density at radius 3 is 2.58 bits per heavy atom. The van der Waals surface area contributed by atoms with E-state index in [0.29, 0.717) is 27.9 Å². The fraction of sp³-hybridized carbons (Fsp3) is 0.435. The standard InChI is InChI=1S/C23H28Cl2N2O4/c1-26-23(29)19-5-3-4-6-22(19)30-15-16(28)14-27(2)11-9-17(10-12-27)31-18-7-8-20(24)21(25)13-18/h3-8,13,16-17,28H,9-12,14-15H2,1-2H3/p+1. The fourth-order valence-electron chi connectivity index (χ4n) is 3.87. The molecule has 2 aromatic rings. The molecular formula is C23H29Cl2N2O4+. The summed E-state index contributed by atoms with van der Waals surface area (Å²) in [4.78, 5) is 12.0. The molecule has 2 aromatic carbocycles. The van der Waals surface area contributed by atoms with Crippen LogP contribution < -0.4 is 14.8 Å². The van der Waals surface area contributed by atoms with Crippen molar-refractivity contribution in [2.24, 2.45) is 0 Å². The van der Waals surface area contributed by atoms with Gasteiger partial charge in [-0.1, -0.05) is 35.3 Å². The monoisotopic (exact) mass is 467 g/mol. The van der Waals surface area contributed by atoms with E-state index in [1.54, 1.807) is 43.4 Å². The zero-order valence-corrected chi connectivity index (χ0v) is 19.3. The molecule has 8 heteroatoms. The number of likely N-dealkylation sites (tertiary alicyclic amines) is 1. The summed E-state index contributed by atoms with van der Waals surface area (Å²) in [7, 11) is 3.71. The number of aliphatic hydroxyl groups excluding tert-OH is 1. The molecule has 1 aliphatic heterocycles. The van der Waals surface area contributed by atoms with Gasteiger partial charge in [0.15, 0.2) is 0 Å². The number of carbonyl (C=O) groups excluding carboxylic acids is 1. The number of hydrogen-bond donors (Lipinski definition) is 2. The molecule has 1 heterocycles. The van der Waals surface area contributed by atoms with Crippen LogP contribution in [0, 0.1) is 0 Å². The van der Waals surface area contributed by atoms with Crippen molar-refractivity contribution in [3.05, 3.63) is 58.1 Å². The lowest BCUT2D eigenvalue weighted by Crippen LogP contribution is -2.55. The highest BCUT2D eigenvalue weighted by Gasteiger charge is 2.33. The number of quaternary nitrogens is 1. The molecule has 0 aromatic heterocycles. The molecule has 1 amide bonds. The van der Waals surface area contributed by atoms with Gasteiger partial charge in [0.2, 0.25) is 0 Å². The highest BCUT2D eigenvalue weighted by molar-refractivity contribution is 6.42. The van der Waals surface area contributed by atoms with E-state index in [1.807, 2.05) is 6.07 Å². The molecule has 0 saturated carbocycles. The van der Waals surface area contributed by atoms with E-state index in [-0.39, 0.29) is 18.6 Å². The summed E-state index contributed by atoms with van der Waals surface area (Å²) in [5.74, 6) is 0.976. The second kappa shape index (κ2) is 10.6. The van der Waals surface area contributed by atoms with Gasteiger partial charge in [-0.3, -0.25) is 4.79 Å². The number of piperidine rings is 1. The molecule has 1 atom stereocenters. The van der Waals surface area contributed by atoms with Gasteiger partial charge in [-0.2, -0.15) is 0 Å². The lowest BCUT2D eigenvalue weighted by molar-refractivity contribution is -0.917. The van der Waals surface area contributed by atoms with Crippen molar-refractivity contribution in [3.8, 4) is 11.5 Å². The molecule has 1 fully saturated rings. The van der Waals surface area contributed by atoms with E-state index < -0.39 is 6.10 Å². The molecule has 1 unspecified atom stereocenters. The lowest BCUT2D eigenvalue weighted by atomic mass is 10.0. The van der Waals surface area contributed by atoms with Crippen molar-refractivity contribution < 1.29 is 23.9 Å². The number of benzene rings is 2. The molecule has 1 saturated heterocycles. The number of carbonyl (C=O) groups is 1. The van der Waals surface area contributed by atoms with Gasteiger partial charge in [0.1, 0.15) is 36.9 Å². The van der Waals surface area contributed by atoms with Crippen molar-refractivity contribution in [3.63, 3.8) is 0 Å². The summed E-state index contributed by atoms with van der Waals surface area (Å²) < 4.78 is 12.6. The zero-order chi connectivity index (χ0) is 22.4. The smallest absolute Gasteiger partial charge is 0.254 e. The van der Waals surface area contributed by atoms with Crippen LogP contribution in [-0.4, -0.2) is 68.0 Å². The number of nitrogens with zero attached hydrogens (tertiary/aromatic N) is 1. The van der Waals surface area contributed by atoms with Gasteiger partial charge in [0, 0.05) is 26.0 Å². The van der Waals surface area contributed by atoms with Gasteiger partial charge >= 0.3 is 0 Å². The Morgan fingerprint density at radius 2 is 1.90 bits per heavy atom. The average Bonchev–Trinajstić information content (AvgIpc) is 2.76. The predicted octanol–water partition coefficient (Wildman–Crippen LogP) is 3.78. The summed E-state index contributed by atoms with van der Waals surface area (Å²) in [6.45, 7) is 2.47. The van der Waals surface area contributed by atoms with Gasteiger partial charge in [-0.15, -0.1) is 0 Å². The van der Waals surface area contributed by atoms with E-state index in [2.05, 4.69) is 12.4 Å². The molecule has 168 valence electrons. The fourth-order valence-corrected chi connectivity index (χ4v) is 4.16. The van der Waals surface area contributed by atoms with E-state index in [9.17, 15) is 9.90 Å². The topological polar surface area (TPSA) is 67.8 Å². The number of ether oxygens (including phenoxy) is 2. The van der Waals surface area contributed by atoms with Crippen LogP contribution in [0.5, 0.6) is 11.5 Å². The molecule has 0 radical (unpaired) electrons. The molecule has 1 aliphatic rings. The maximum Gasteiger partial charge on any atom is 0.254 e. The van der Waals surface area contributed by atoms with Crippen molar-refractivity contribution in [1.29, 1.82) is 0 Å². The SMILES string of the molecule is CNC(=O)c1ccccc1OCC(O)C[N+]1(C)CCC(Oc2ccc(Cl)c(Cl)c2)CC1. The molecule has 3 rings (SSSR count). The first-order valence-electron chi connectivity index (χ1n) is 10.4. The second-order valence-corrected chi connectivity index (χ2v) is 9.00. The summed E-state index contributed by atoms with van der Waals surface area (Å²) in [6.07, 6.45) is 1.22. The lowest BCUT2D eigenvalue weighted by Gasteiger charge is -2.41. The van der Waals surface area contributed by atoms with Crippen molar-refractivity contribution in [1.82, 2.24) is 5.32 Å². The van der Waals surface area contributed by atoms with Crippen molar-refractivity contribution in [2.45, 2.75) is 25.0 Å². The number of aliphatic hydroxyl groups is 1. The van der Waals surface area contributed by atoms with E-state index in [0.717, 1.165) is 36.2 Å². The van der Waals surface area contributed by atoms with Crippen LogP contribution in [-0.2, 0) is 0 Å². The third-order valence-corrected chi connectivity index (χ3v) is 6.36. The Labute approximate surface area is 193 Å². The molecule has 2 N–H and O–H groups in total. The van der Waals surface area contributed by atoms with Crippen LogP contribution in [0.1, 0.15) is 23.2 Å². The van der Waals surface area contributed by atoms with Crippen LogP contribution in [0.15, 0.2) is 42.5 Å². The summed E-state index contributed by atoms with van der Waals surface area (Å²) in [6, 6.07) is 12.3. The normalized spacial score (nSPS) is 21.9. The molecule has 6 nitrogen and oxygen atoms in total. The summed E-state index contributed by atoms with van der Waals surface area (Å²) in [5.41, 5.74) is 0.456. The Balaban J connectivity index is 1.48. The minimum absolute atomic E-state index is 0.108. The number of hydrogen-bond acceptors (Lipinski definition) is 4. The Morgan fingerprint density at radius 1 is 1.19 bits per heavy atom. The Kier molecular flexibility index (Phi) is 8.06. The van der Waals surface area contributed by atoms with Crippen LogP contribution in [0.3, 0.4) is 0 Å². The largest absolute Gasteiger partial charge is 0.490 e. The Hall–Kier alpha value is -1.99. The quantitative estimate of drug-likeness (QED) is 0.579. The number of amides is 1. The number of halogens is 2. The maximum absolute atomic E-state index is 12.0. The van der Waals surface area contributed by atoms with Crippen LogP contribution in [0.25, 0.3) is 0 Å². The van der Waals surface area contributed by atoms with Gasteiger partial charge < -0.3 is 24.4 Å². The van der Waals surface area contributed by atoms with Crippen LogP contribution in [0.4, 0.5) is 0 Å². The third-order valence-electron chi connectivity index (χ3n) is 5.62. The van der Waals surface area contributed by atoms with E-state index >= 15 is 0 Å². The zero-order valence-electron chi connectivity index (χ0n) is 17.8. The van der Waals surface area contributed by atoms with E-state index in [4.69, 9.17) is 32.7 Å². The number of nitrogens with one attached hydrogen (secondary N) is 1. The predicted molar refractivity (Wildman–Crippen MR) is 122 cm³/mol. The molecule has 0 aliphatic carbocycles. The van der Waals surface area contributed by atoms with Crippen LogP contribution in [0.2, 0.25) is 10.0 Å². The third kappa shape index (κ3) is 6.50. The van der Waals surface area contributed by atoms with Gasteiger partial charge in [-0.05, 0) is 24.3 Å². The van der Waals surface area contributed by atoms with Gasteiger partial charge in [0.25, 0.3) is 5.91 Å². The first kappa shape index (κ1) is 23.7. The number of para-hydroxylation sites is 1. The highest BCUT2D eigenvalue weighted by atomic mass is 35.5. The van der Waals surface area contributed by atoms with Gasteiger partial charge in [-0.25, -0.2) is 0 Å². The average molecular weight is 468 g/mol. The number of likely N-dealkylation sites (N-methyl/N-ethyl adjacent to an activating group) is 1. The van der Waals surface area contributed by atoms with Crippen molar-refractivity contribution >= 4 is 29.1 Å². The summed E-state index contributed by atoms with van der Waals surface area (Å²) >= 11 is 12.0. The summed E-state index contributed by atoms with van der Waals surface area (Å²) in [5, 5.41) is 14.2. The minimum atomic E-state index is -0.643.